The quantitative estimate of drug-likeness (QED) is 0.862. The molecule has 3 nitrogen and oxygen atoms in total. The number of nitrogens with zero attached hydrogens (tertiary/aromatic N) is 1. The van der Waals surface area contributed by atoms with Gasteiger partial charge in [-0.1, -0.05) is 23.8 Å². The molecule has 0 radical (unpaired) electrons. The van der Waals surface area contributed by atoms with E-state index in [-0.39, 0.29) is 5.41 Å². The van der Waals surface area contributed by atoms with Crippen LogP contribution in [-0.2, 0) is 11.3 Å². The molecule has 3 heteroatoms. The number of nitrogens with two attached hydrogens (primary N) is 1. The summed E-state index contributed by atoms with van der Waals surface area (Å²) in [6, 6.07) is 6.66. The third kappa shape index (κ3) is 2.91. The molecule has 0 amide bonds. The predicted molar refractivity (Wildman–Crippen MR) is 74.6 cm³/mol. The van der Waals surface area contributed by atoms with Crippen LogP contribution in [0.25, 0.3) is 0 Å². The summed E-state index contributed by atoms with van der Waals surface area (Å²) in [6.45, 7) is 8.63. The maximum Gasteiger partial charge on any atom is 0.0569 e. The van der Waals surface area contributed by atoms with Crippen molar-refractivity contribution in [3.8, 4) is 0 Å². The minimum atomic E-state index is 0.188. The number of hydrogen-bond donors (Lipinski definition) is 1. The second-order valence-electron chi connectivity index (χ2n) is 5.80. The molecule has 18 heavy (non-hydrogen) atoms. The van der Waals surface area contributed by atoms with Gasteiger partial charge >= 0.3 is 0 Å². The van der Waals surface area contributed by atoms with Crippen LogP contribution in [0.15, 0.2) is 18.2 Å². The van der Waals surface area contributed by atoms with Gasteiger partial charge in [0.25, 0.3) is 0 Å². The van der Waals surface area contributed by atoms with Gasteiger partial charge in [0.2, 0.25) is 0 Å². The molecule has 100 valence electrons. The largest absolute Gasteiger partial charge is 0.380 e. The summed E-state index contributed by atoms with van der Waals surface area (Å²) in [5.74, 6) is 0. The molecule has 0 aromatic heterocycles. The van der Waals surface area contributed by atoms with E-state index in [1.165, 1.54) is 16.7 Å². The lowest BCUT2D eigenvalue weighted by atomic mass is 9.85. The highest BCUT2D eigenvalue weighted by Gasteiger charge is 2.38. The molecular formula is C15H24N2O. The third-order valence-electron chi connectivity index (χ3n) is 3.79. The van der Waals surface area contributed by atoms with Gasteiger partial charge in [-0.2, -0.15) is 0 Å². The topological polar surface area (TPSA) is 38.5 Å². The molecule has 1 fully saturated rings. The second kappa shape index (κ2) is 5.39. The standard InChI is InChI=1S/C15H24N2O/c1-12-4-5-14(13(2)6-12)7-17(3)9-15(8-16)10-18-11-15/h4-6H,7-11,16H2,1-3H3. The van der Waals surface area contributed by atoms with Crippen molar-refractivity contribution < 1.29 is 4.74 Å². The minimum absolute atomic E-state index is 0.188. The molecule has 0 saturated carbocycles. The zero-order valence-corrected chi connectivity index (χ0v) is 11.7. The molecule has 1 saturated heterocycles. The smallest absolute Gasteiger partial charge is 0.0569 e. The van der Waals surface area contributed by atoms with Crippen LogP contribution in [0.3, 0.4) is 0 Å². The van der Waals surface area contributed by atoms with Crippen molar-refractivity contribution in [1.29, 1.82) is 0 Å². The minimum Gasteiger partial charge on any atom is -0.380 e. The van der Waals surface area contributed by atoms with E-state index in [9.17, 15) is 0 Å². The van der Waals surface area contributed by atoms with Crippen molar-refractivity contribution in [3.63, 3.8) is 0 Å². The average Bonchev–Trinajstić information content (AvgIpc) is 2.27. The van der Waals surface area contributed by atoms with Gasteiger partial charge in [0.15, 0.2) is 0 Å². The van der Waals surface area contributed by atoms with Crippen molar-refractivity contribution in [2.24, 2.45) is 11.1 Å². The Morgan fingerprint density at radius 3 is 2.56 bits per heavy atom. The first kappa shape index (κ1) is 13.5. The van der Waals surface area contributed by atoms with Gasteiger partial charge in [0.1, 0.15) is 0 Å². The van der Waals surface area contributed by atoms with E-state index in [0.717, 1.165) is 26.3 Å². The summed E-state index contributed by atoms with van der Waals surface area (Å²) in [5.41, 5.74) is 10.1. The fourth-order valence-corrected chi connectivity index (χ4v) is 2.61. The van der Waals surface area contributed by atoms with Crippen LogP contribution in [0.5, 0.6) is 0 Å². The van der Waals surface area contributed by atoms with Crippen LogP contribution in [0.1, 0.15) is 16.7 Å². The van der Waals surface area contributed by atoms with Gasteiger partial charge < -0.3 is 15.4 Å². The van der Waals surface area contributed by atoms with E-state index >= 15 is 0 Å². The molecule has 0 bridgehead atoms. The molecule has 1 aliphatic rings. The molecule has 2 rings (SSSR count). The molecule has 2 N–H and O–H groups in total. The number of aryl methyl sites for hydroxylation is 2. The van der Waals surface area contributed by atoms with Crippen molar-refractivity contribution in [3.05, 3.63) is 34.9 Å². The zero-order chi connectivity index (χ0) is 13.2. The summed E-state index contributed by atoms with van der Waals surface area (Å²) in [6.07, 6.45) is 0. The first-order valence-electron chi connectivity index (χ1n) is 6.57. The van der Waals surface area contributed by atoms with Gasteiger partial charge in [-0.3, -0.25) is 0 Å². The van der Waals surface area contributed by atoms with Gasteiger partial charge in [-0.05, 0) is 32.0 Å². The summed E-state index contributed by atoms with van der Waals surface area (Å²) < 4.78 is 5.31. The van der Waals surface area contributed by atoms with Crippen molar-refractivity contribution in [1.82, 2.24) is 4.90 Å². The molecule has 1 aliphatic heterocycles. The summed E-state index contributed by atoms with van der Waals surface area (Å²) >= 11 is 0. The van der Waals surface area contributed by atoms with Crippen LogP contribution in [0, 0.1) is 19.3 Å². The normalized spacial score (nSPS) is 17.8. The molecule has 0 aliphatic carbocycles. The molecule has 1 aromatic rings. The molecule has 1 aromatic carbocycles. The Labute approximate surface area is 110 Å². The summed E-state index contributed by atoms with van der Waals surface area (Å²) in [5, 5.41) is 0. The summed E-state index contributed by atoms with van der Waals surface area (Å²) in [7, 11) is 2.16. The van der Waals surface area contributed by atoms with Gasteiger partial charge in [0.05, 0.1) is 13.2 Å². The molecule has 0 spiro atoms. The Bertz CT molecular complexity index is 407. The van der Waals surface area contributed by atoms with Crippen LogP contribution in [-0.4, -0.2) is 38.3 Å². The first-order chi connectivity index (χ1) is 8.54. The van der Waals surface area contributed by atoms with E-state index < -0.39 is 0 Å². The molecular weight excluding hydrogens is 224 g/mol. The number of rotatable bonds is 5. The first-order valence-corrected chi connectivity index (χ1v) is 6.57. The van der Waals surface area contributed by atoms with Gasteiger partial charge in [0, 0.05) is 25.0 Å². The SMILES string of the molecule is Cc1ccc(CN(C)CC2(CN)COC2)c(C)c1. The highest BCUT2D eigenvalue weighted by Crippen LogP contribution is 2.27. The van der Waals surface area contributed by atoms with E-state index in [1.54, 1.807) is 0 Å². The predicted octanol–water partition coefficient (Wildman–Crippen LogP) is 1.71. The average molecular weight is 248 g/mol. The number of benzene rings is 1. The van der Waals surface area contributed by atoms with Crippen molar-refractivity contribution in [2.45, 2.75) is 20.4 Å². The highest BCUT2D eigenvalue weighted by atomic mass is 16.5. The third-order valence-corrected chi connectivity index (χ3v) is 3.79. The molecule has 0 atom stereocenters. The highest BCUT2D eigenvalue weighted by molar-refractivity contribution is 5.30. The Balaban J connectivity index is 1.96. The fourth-order valence-electron chi connectivity index (χ4n) is 2.61. The van der Waals surface area contributed by atoms with Crippen LogP contribution in [0.4, 0.5) is 0 Å². The van der Waals surface area contributed by atoms with Gasteiger partial charge in [-0.15, -0.1) is 0 Å². The molecule has 1 heterocycles. The molecule has 0 unspecified atom stereocenters. The summed E-state index contributed by atoms with van der Waals surface area (Å²) in [4.78, 5) is 2.35. The van der Waals surface area contributed by atoms with Gasteiger partial charge in [-0.25, -0.2) is 0 Å². The number of hydrogen-bond acceptors (Lipinski definition) is 3. The van der Waals surface area contributed by atoms with E-state index in [1.807, 2.05) is 0 Å². The lowest BCUT2D eigenvalue weighted by molar-refractivity contribution is -0.118. The van der Waals surface area contributed by atoms with E-state index in [0.29, 0.717) is 6.54 Å². The Morgan fingerprint density at radius 1 is 1.33 bits per heavy atom. The van der Waals surface area contributed by atoms with Crippen LogP contribution < -0.4 is 5.73 Å². The monoisotopic (exact) mass is 248 g/mol. The second-order valence-corrected chi connectivity index (χ2v) is 5.80. The van der Waals surface area contributed by atoms with Crippen LogP contribution >= 0.6 is 0 Å². The Kier molecular flexibility index (Phi) is 4.05. The maximum atomic E-state index is 5.85. The zero-order valence-electron chi connectivity index (χ0n) is 11.7. The van der Waals surface area contributed by atoms with Crippen molar-refractivity contribution >= 4 is 0 Å². The Morgan fingerprint density at radius 2 is 2.06 bits per heavy atom. The van der Waals surface area contributed by atoms with E-state index in [2.05, 4.69) is 44.0 Å². The lowest BCUT2D eigenvalue weighted by Crippen LogP contribution is -2.54. The van der Waals surface area contributed by atoms with Crippen LogP contribution in [0.2, 0.25) is 0 Å². The number of ether oxygens (including phenoxy) is 1. The lowest BCUT2D eigenvalue weighted by Gasteiger charge is -2.43. The maximum absolute atomic E-state index is 5.85. The Hall–Kier alpha value is -0.900. The van der Waals surface area contributed by atoms with E-state index in [4.69, 9.17) is 10.5 Å². The van der Waals surface area contributed by atoms with Crippen molar-refractivity contribution in [2.75, 3.05) is 33.4 Å². The fraction of sp³-hybridized carbons (Fsp3) is 0.600.